The molecule has 0 aromatic heterocycles. The van der Waals surface area contributed by atoms with Crippen LogP contribution in [0.2, 0.25) is 0 Å². The van der Waals surface area contributed by atoms with Crippen molar-refractivity contribution in [3.63, 3.8) is 0 Å². The van der Waals surface area contributed by atoms with Crippen molar-refractivity contribution in [3.8, 4) is 0 Å². The van der Waals surface area contributed by atoms with Gasteiger partial charge in [-0.1, -0.05) is 36.9 Å². The molecule has 1 aromatic carbocycles. The van der Waals surface area contributed by atoms with Crippen molar-refractivity contribution in [3.05, 3.63) is 42.0 Å². The largest absolute Gasteiger partial charge is 0.378 e. The molecule has 2 rings (SSSR count). The van der Waals surface area contributed by atoms with E-state index in [1.54, 1.807) is 0 Å². The first-order chi connectivity index (χ1) is 7.81. The van der Waals surface area contributed by atoms with E-state index in [1.165, 1.54) is 0 Å². The standard InChI is InChI=1S/C13H16N2O/c1-2-11-3-5-12(6-4-11)13(14)15-7-9-16-10-8-15/h2-6,14H,1,7-10H2. The number of nitrogens with zero attached hydrogens (tertiary/aromatic N) is 1. The Labute approximate surface area is 95.8 Å². The number of ether oxygens (including phenoxy) is 1. The zero-order valence-electron chi connectivity index (χ0n) is 9.28. The van der Waals surface area contributed by atoms with E-state index in [1.807, 2.05) is 35.2 Å². The molecule has 3 heteroatoms. The van der Waals surface area contributed by atoms with Crippen molar-refractivity contribution < 1.29 is 4.74 Å². The summed E-state index contributed by atoms with van der Waals surface area (Å²) < 4.78 is 5.27. The molecule has 1 aliphatic rings. The predicted octanol–water partition coefficient (Wildman–Crippen LogP) is 1.99. The molecule has 16 heavy (non-hydrogen) atoms. The van der Waals surface area contributed by atoms with Crippen LogP contribution in [0.4, 0.5) is 0 Å². The maximum Gasteiger partial charge on any atom is 0.128 e. The quantitative estimate of drug-likeness (QED) is 0.606. The van der Waals surface area contributed by atoms with Crippen LogP contribution < -0.4 is 0 Å². The first-order valence-electron chi connectivity index (χ1n) is 5.45. The summed E-state index contributed by atoms with van der Waals surface area (Å²) in [6, 6.07) is 7.90. The fourth-order valence-electron chi connectivity index (χ4n) is 1.75. The summed E-state index contributed by atoms with van der Waals surface area (Å²) in [6.07, 6.45) is 1.81. The van der Waals surface area contributed by atoms with Crippen LogP contribution in [0.25, 0.3) is 6.08 Å². The predicted molar refractivity (Wildman–Crippen MR) is 65.8 cm³/mol. The van der Waals surface area contributed by atoms with Crippen LogP contribution in [0.1, 0.15) is 11.1 Å². The molecule has 1 saturated heterocycles. The molecule has 1 heterocycles. The highest BCUT2D eigenvalue weighted by Gasteiger charge is 2.14. The number of nitrogens with one attached hydrogen (secondary N) is 1. The van der Waals surface area contributed by atoms with Crippen molar-refractivity contribution >= 4 is 11.9 Å². The molecule has 0 saturated carbocycles. The second kappa shape index (κ2) is 4.94. The van der Waals surface area contributed by atoms with Crippen molar-refractivity contribution in [1.29, 1.82) is 5.41 Å². The summed E-state index contributed by atoms with van der Waals surface area (Å²) in [5.74, 6) is 0.582. The lowest BCUT2D eigenvalue weighted by Gasteiger charge is -2.29. The monoisotopic (exact) mass is 216 g/mol. The Morgan fingerprint density at radius 2 is 1.88 bits per heavy atom. The van der Waals surface area contributed by atoms with Crippen molar-refractivity contribution in [1.82, 2.24) is 4.90 Å². The fourth-order valence-corrected chi connectivity index (χ4v) is 1.75. The molecule has 1 fully saturated rings. The minimum atomic E-state index is 0.582. The molecule has 84 valence electrons. The summed E-state index contributed by atoms with van der Waals surface area (Å²) in [6.45, 7) is 6.76. The SMILES string of the molecule is C=Cc1ccc(C(=N)N2CCOCC2)cc1. The van der Waals surface area contributed by atoms with E-state index in [0.717, 1.165) is 24.2 Å². The summed E-state index contributed by atoms with van der Waals surface area (Å²) in [7, 11) is 0. The third-order valence-corrected chi connectivity index (χ3v) is 2.75. The lowest BCUT2D eigenvalue weighted by Crippen LogP contribution is -2.40. The van der Waals surface area contributed by atoms with Crippen LogP contribution in [0.5, 0.6) is 0 Å². The first-order valence-corrected chi connectivity index (χ1v) is 5.45. The number of hydrogen-bond acceptors (Lipinski definition) is 2. The van der Waals surface area contributed by atoms with Gasteiger partial charge in [0.25, 0.3) is 0 Å². The van der Waals surface area contributed by atoms with Gasteiger partial charge in [-0.3, -0.25) is 5.41 Å². The van der Waals surface area contributed by atoms with Crippen LogP contribution >= 0.6 is 0 Å². The van der Waals surface area contributed by atoms with Gasteiger partial charge in [0.15, 0.2) is 0 Å². The van der Waals surface area contributed by atoms with Crippen LogP contribution in [-0.4, -0.2) is 37.0 Å². The molecule has 0 atom stereocenters. The van der Waals surface area contributed by atoms with Crippen molar-refractivity contribution in [2.45, 2.75) is 0 Å². The van der Waals surface area contributed by atoms with E-state index in [9.17, 15) is 0 Å². The Balaban J connectivity index is 2.10. The average Bonchev–Trinajstić information content (AvgIpc) is 2.39. The van der Waals surface area contributed by atoms with E-state index in [0.29, 0.717) is 19.0 Å². The van der Waals surface area contributed by atoms with E-state index in [-0.39, 0.29) is 0 Å². The van der Waals surface area contributed by atoms with Crippen LogP contribution in [0.15, 0.2) is 30.8 Å². The molecule has 0 bridgehead atoms. The molecule has 1 aromatic rings. The summed E-state index contributed by atoms with van der Waals surface area (Å²) in [4.78, 5) is 2.05. The summed E-state index contributed by atoms with van der Waals surface area (Å²) >= 11 is 0. The van der Waals surface area contributed by atoms with E-state index in [2.05, 4.69) is 6.58 Å². The van der Waals surface area contributed by atoms with Gasteiger partial charge in [0.1, 0.15) is 5.84 Å². The normalized spacial score (nSPS) is 15.9. The number of benzene rings is 1. The van der Waals surface area contributed by atoms with E-state index >= 15 is 0 Å². The summed E-state index contributed by atoms with van der Waals surface area (Å²) in [5, 5.41) is 8.10. The molecule has 1 aliphatic heterocycles. The molecule has 1 N–H and O–H groups in total. The van der Waals surface area contributed by atoms with Gasteiger partial charge in [-0.25, -0.2) is 0 Å². The van der Waals surface area contributed by atoms with Gasteiger partial charge in [-0.05, 0) is 5.56 Å². The first kappa shape index (κ1) is 10.9. The van der Waals surface area contributed by atoms with Gasteiger partial charge < -0.3 is 9.64 Å². The third-order valence-electron chi connectivity index (χ3n) is 2.75. The van der Waals surface area contributed by atoms with Crippen molar-refractivity contribution in [2.75, 3.05) is 26.3 Å². The van der Waals surface area contributed by atoms with Crippen molar-refractivity contribution in [2.24, 2.45) is 0 Å². The zero-order valence-corrected chi connectivity index (χ0v) is 9.28. The molecule has 0 unspecified atom stereocenters. The molecule has 0 aliphatic carbocycles. The summed E-state index contributed by atoms with van der Waals surface area (Å²) in [5.41, 5.74) is 2.03. The lowest BCUT2D eigenvalue weighted by molar-refractivity contribution is 0.0680. The maximum atomic E-state index is 8.10. The smallest absolute Gasteiger partial charge is 0.128 e. The molecular formula is C13H16N2O. The Morgan fingerprint density at radius 3 is 2.44 bits per heavy atom. The van der Waals surface area contributed by atoms with Crippen LogP contribution in [0.3, 0.4) is 0 Å². The van der Waals surface area contributed by atoms with Crippen LogP contribution in [-0.2, 0) is 4.74 Å². The second-order valence-corrected chi connectivity index (χ2v) is 3.77. The second-order valence-electron chi connectivity index (χ2n) is 3.77. The Morgan fingerprint density at radius 1 is 1.25 bits per heavy atom. The Hall–Kier alpha value is -1.61. The van der Waals surface area contributed by atoms with Gasteiger partial charge in [0.2, 0.25) is 0 Å². The highest BCUT2D eigenvalue weighted by Crippen LogP contribution is 2.09. The average molecular weight is 216 g/mol. The van der Waals surface area contributed by atoms with E-state index in [4.69, 9.17) is 10.1 Å². The number of amidine groups is 1. The minimum Gasteiger partial charge on any atom is -0.378 e. The van der Waals surface area contributed by atoms with Gasteiger partial charge >= 0.3 is 0 Å². The number of hydrogen-bond donors (Lipinski definition) is 1. The molecule has 0 spiro atoms. The molecule has 0 radical (unpaired) electrons. The topological polar surface area (TPSA) is 36.3 Å². The molecule has 3 nitrogen and oxygen atoms in total. The Kier molecular flexibility index (Phi) is 3.37. The molecule has 0 amide bonds. The lowest BCUT2D eigenvalue weighted by atomic mass is 10.1. The zero-order chi connectivity index (χ0) is 11.4. The van der Waals surface area contributed by atoms with Gasteiger partial charge in [0.05, 0.1) is 13.2 Å². The fraction of sp³-hybridized carbons (Fsp3) is 0.308. The van der Waals surface area contributed by atoms with E-state index < -0.39 is 0 Å². The van der Waals surface area contributed by atoms with Gasteiger partial charge in [0, 0.05) is 18.7 Å². The minimum absolute atomic E-state index is 0.582. The maximum absolute atomic E-state index is 8.10. The third kappa shape index (κ3) is 2.31. The van der Waals surface area contributed by atoms with Crippen LogP contribution in [0, 0.1) is 5.41 Å². The number of rotatable bonds is 2. The highest BCUT2D eigenvalue weighted by molar-refractivity contribution is 5.96. The molecular weight excluding hydrogens is 200 g/mol. The number of morpholine rings is 1. The van der Waals surface area contributed by atoms with Gasteiger partial charge in [-0.2, -0.15) is 0 Å². The Bertz CT molecular complexity index is 377. The highest BCUT2D eigenvalue weighted by atomic mass is 16.5. The van der Waals surface area contributed by atoms with Gasteiger partial charge in [-0.15, -0.1) is 0 Å².